The molecule has 178 valence electrons. The molecule has 2 heterocycles. The Balaban J connectivity index is 1.50. The van der Waals surface area contributed by atoms with Crippen molar-refractivity contribution in [1.82, 2.24) is 9.21 Å². The van der Waals surface area contributed by atoms with Gasteiger partial charge >= 0.3 is 0 Å². The zero-order valence-corrected chi connectivity index (χ0v) is 20.7. The minimum atomic E-state index is -3.75. The third-order valence-electron chi connectivity index (χ3n) is 6.68. The number of anilines is 1. The van der Waals surface area contributed by atoms with Gasteiger partial charge in [0.15, 0.2) is 0 Å². The fourth-order valence-electron chi connectivity index (χ4n) is 5.24. The second-order valence-electron chi connectivity index (χ2n) is 8.99. The number of carbonyl (C=O) groups excluding carboxylic acids is 1. The summed E-state index contributed by atoms with van der Waals surface area (Å²) in [6.45, 7) is 8.49. The van der Waals surface area contributed by atoms with Crippen molar-refractivity contribution in [3.8, 4) is 5.75 Å². The quantitative estimate of drug-likeness (QED) is 0.670. The van der Waals surface area contributed by atoms with Crippen LogP contribution in [0.25, 0.3) is 0 Å². The highest BCUT2D eigenvalue weighted by Gasteiger charge is 2.42. The van der Waals surface area contributed by atoms with Gasteiger partial charge in [-0.25, -0.2) is 8.42 Å². The van der Waals surface area contributed by atoms with E-state index in [1.165, 1.54) is 4.31 Å². The topological polar surface area (TPSA) is 70.2 Å². The predicted octanol–water partition coefficient (Wildman–Crippen LogP) is 3.12. The van der Waals surface area contributed by atoms with Crippen LogP contribution in [0.4, 0.5) is 5.69 Å². The second kappa shape index (κ2) is 9.35. The molecule has 33 heavy (non-hydrogen) atoms. The zero-order chi connectivity index (χ0) is 23.8. The first-order valence-electron chi connectivity index (χ1n) is 11.5. The molecule has 0 aliphatic carbocycles. The standard InChI is InChI=1S/C25H33N3O4S/c1-18-16-19(2)24(20(3)17-18)33(30,31)28-11-7-9-22(28)25(29)27-14-12-26(13-15-27)21-8-5-6-10-23(21)32-4/h5-6,8,10,16-17,22H,7,9,11-15H2,1-4H3. The second-order valence-corrected chi connectivity index (χ2v) is 10.8. The lowest BCUT2D eigenvalue weighted by Gasteiger charge is -2.38. The summed E-state index contributed by atoms with van der Waals surface area (Å²) in [7, 11) is -2.10. The van der Waals surface area contributed by atoms with Gasteiger partial charge in [0, 0.05) is 32.7 Å². The van der Waals surface area contributed by atoms with E-state index in [1.807, 2.05) is 62.1 Å². The van der Waals surface area contributed by atoms with E-state index in [-0.39, 0.29) is 5.91 Å². The number of methoxy groups -OCH3 is 1. The van der Waals surface area contributed by atoms with Crippen LogP contribution in [-0.2, 0) is 14.8 Å². The minimum absolute atomic E-state index is 0.0850. The number of amides is 1. The molecule has 2 aromatic rings. The predicted molar refractivity (Wildman–Crippen MR) is 129 cm³/mol. The van der Waals surface area contributed by atoms with Crippen molar-refractivity contribution in [2.24, 2.45) is 0 Å². The molecule has 2 aliphatic heterocycles. The van der Waals surface area contributed by atoms with E-state index in [1.54, 1.807) is 7.11 Å². The number of benzene rings is 2. The van der Waals surface area contributed by atoms with Crippen LogP contribution in [0.3, 0.4) is 0 Å². The maximum absolute atomic E-state index is 13.6. The third kappa shape index (κ3) is 4.46. The molecule has 2 aliphatic rings. The Morgan fingerprint density at radius 3 is 2.24 bits per heavy atom. The van der Waals surface area contributed by atoms with Crippen LogP contribution in [-0.4, -0.2) is 69.4 Å². The summed E-state index contributed by atoms with van der Waals surface area (Å²) in [5.41, 5.74) is 3.51. The number of nitrogens with zero attached hydrogens (tertiary/aromatic N) is 3. The molecule has 8 heteroatoms. The Labute approximate surface area is 197 Å². The molecule has 0 aromatic heterocycles. The minimum Gasteiger partial charge on any atom is -0.495 e. The number of ether oxygens (including phenoxy) is 1. The van der Waals surface area contributed by atoms with Gasteiger partial charge in [-0.05, 0) is 56.9 Å². The number of aryl methyl sites for hydroxylation is 3. The Morgan fingerprint density at radius 1 is 0.970 bits per heavy atom. The molecule has 1 unspecified atom stereocenters. The fraction of sp³-hybridized carbons (Fsp3) is 0.480. The lowest BCUT2D eigenvalue weighted by molar-refractivity contribution is -0.134. The van der Waals surface area contributed by atoms with E-state index in [4.69, 9.17) is 4.74 Å². The average Bonchev–Trinajstić information content (AvgIpc) is 3.29. The number of para-hydroxylation sites is 2. The molecule has 2 aromatic carbocycles. The molecule has 4 rings (SSSR count). The van der Waals surface area contributed by atoms with Gasteiger partial charge in [-0.15, -0.1) is 0 Å². The molecule has 7 nitrogen and oxygen atoms in total. The molecule has 1 atom stereocenters. The van der Waals surface area contributed by atoms with Crippen molar-refractivity contribution >= 4 is 21.6 Å². The summed E-state index contributed by atoms with van der Waals surface area (Å²) in [5.74, 6) is 0.729. The van der Waals surface area contributed by atoms with Crippen LogP contribution in [0, 0.1) is 20.8 Å². The molecule has 1 amide bonds. The van der Waals surface area contributed by atoms with Crippen molar-refractivity contribution in [2.75, 3.05) is 44.7 Å². The van der Waals surface area contributed by atoms with Crippen molar-refractivity contribution < 1.29 is 17.9 Å². The van der Waals surface area contributed by atoms with Gasteiger partial charge < -0.3 is 14.5 Å². The summed E-state index contributed by atoms with van der Waals surface area (Å²) in [6.07, 6.45) is 1.26. The summed E-state index contributed by atoms with van der Waals surface area (Å²) >= 11 is 0. The monoisotopic (exact) mass is 471 g/mol. The average molecular weight is 472 g/mol. The van der Waals surface area contributed by atoms with Gasteiger partial charge in [0.2, 0.25) is 15.9 Å². The fourth-order valence-corrected chi connectivity index (χ4v) is 7.30. The SMILES string of the molecule is COc1ccccc1N1CCN(C(=O)C2CCCN2S(=O)(=O)c2c(C)cc(C)cc2C)CC1. The maximum atomic E-state index is 13.6. The Kier molecular flexibility index (Phi) is 6.68. The van der Waals surface area contributed by atoms with Crippen LogP contribution in [0.5, 0.6) is 5.75 Å². The van der Waals surface area contributed by atoms with Crippen molar-refractivity contribution in [2.45, 2.75) is 44.6 Å². The Hall–Kier alpha value is -2.58. The lowest BCUT2D eigenvalue weighted by atomic mass is 10.1. The van der Waals surface area contributed by atoms with Gasteiger partial charge in [0.25, 0.3) is 0 Å². The number of carbonyl (C=O) groups is 1. The maximum Gasteiger partial charge on any atom is 0.244 e. The van der Waals surface area contributed by atoms with Crippen molar-refractivity contribution in [3.05, 3.63) is 53.1 Å². The number of hydrogen-bond donors (Lipinski definition) is 0. The summed E-state index contributed by atoms with van der Waals surface area (Å²) in [6, 6.07) is 11.0. The normalized spacial score (nSPS) is 19.7. The number of rotatable bonds is 5. The molecule has 0 saturated carbocycles. The summed E-state index contributed by atoms with van der Waals surface area (Å²) in [5, 5.41) is 0. The Morgan fingerprint density at radius 2 is 1.61 bits per heavy atom. The highest BCUT2D eigenvalue weighted by molar-refractivity contribution is 7.89. The first kappa shape index (κ1) is 23.6. The molecule has 0 N–H and O–H groups in total. The molecule has 2 fully saturated rings. The van der Waals surface area contributed by atoms with Gasteiger partial charge in [-0.3, -0.25) is 4.79 Å². The van der Waals surface area contributed by atoms with Crippen molar-refractivity contribution in [3.63, 3.8) is 0 Å². The van der Waals surface area contributed by atoms with Gasteiger partial charge in [-0.2, -0.15) is 4.31 Å². The van der Waals surface area contributed by atoms with E-state index in [0.717, 1.165) is 28.1 Å². The number of sulfonamides is 1. The number of piperazine rings is 1. The highest BCUT2D eigenvalue weighted by Crippen LogP contribution is 2.32. The molecular formula is C25H33N3O4S. The van der Waals surface area contributed by atoms with E-state index in [2.05, 4.69) is 4.90 Å². The zero-order valence-electron chi connectivity index (χ0n) is 19.9. The third-order valence-corrected chi connectivity index (χ3v) is 8.89. The molecule has 0 bridgehead atoms. The van der Waals surface area contributed by atoms with Gasteiger partial charge in [0.1, 0.15) is 11.8 Å². The summed E-state index contributed by atoms with van der Waals surface area (Å²) in [4.78, 5) is 17.8. The highest BCUT2D eigenvalue weighted by atomic mass is 32.2. The van der Waals surface area contributed by atoms with E-state index in [9.17, 15) is 13.2 Å². The van der Waals surface area contributed by atoms with Gasteiger partial charge in [0.05, 0.1) is 17.7 Å². The molecule has 0 radical (unpaired) electrons. The first-order chi connectivity index (χ1) is 15.7. The van der Waals surface area contributed by atoms with Crippen LogP contribution in [0.15, 0.2) is 41.3 Å². The van der Waals surface area contributed by atoms with E-state index in [0.29, 0.717) is 50.5 Å². The van der Waals surface area contributed by atoms with Crippen LogP contribution in [0.1, 0.15) is 29.5 Å². The van der Waals surface area contributed by atoms with Gasteiger partial charge in [-0.1, -0.05) is 29.8 Å². The smallest absolute Gasteiger partial charge is 0.244 e. The van der Waals surface area contributed by atoms with E-state index < -0.39 is 16.1 Å². The van der Waals surface area contributed by atoms with Crippen LogP contribution in [0.2, 0.25) is 0 Å². The lowest BCUT2D eigenvalue weighted by Crippen LogP contribution is -2.54. The molecule has 0 spiro atoms. The first-order valence-corrected chi connectivity index (χ1v) is 12.9. The number of hydrogen-bond acceptors (Lipinski definition) is 5. The van der Waals surface area contributed by atoms with Crippen molar-refractivity contribution in [1.29, 1.82) is 0 Å². The van der Waals surface area contributed by atoms with E-state index >= 15 is 0 Å². The van der Waals surface area contributed by atoms with Crippen LogP contribution >= 0.6 is 0 Å². The largest absolute Gasteiger partial charge is 0.495 e. The molecule has 2 saturated heterocycles. The molecular weight excluding hydrogens is 438 g/mol. The van der Waals surface area contributed by atoms with Crippen LogP contribution < -0.4 is 9.64 Å². The summed E-state index contributed by atoms with van der Waals surface area (Å²) < 4.78 is 34.2. The Bertz CT molecular complexity index is 1120.